The molecule has 4 nitrogen and oxygen atoms in total. The minimum atomic E-state index is 0.662. The number of aromatic nitrogens is 4. The van der Waals surface area contributed by atoms with E-state index < -0.39 is 0 Å². The number of hydrogen-bond acceptors (Lipinski definition) is 2. The van der Waals surface area contributed by atoms with Gasteiger partial charge in [0.05, 0.1) is 33.5 Å². The van der Waals surface area contributed by atoms with Crippen molar-refractivity contribution in [2.45, 2.75) is 47.0 Å². The third-order valence-electron chi connectivity index (χ3n) is 9.87. The Kier molecular flexibility index (Phi) is 8.67. The van der Waals surface area contributed by atoms with Crippen LogP contribution in [0.4, 0.5) is 0 Å². The summed E-state index contributed by atoms with van der Waals surface area (Å²) in [5, 5.41) is 4.88. The second-order valence-corrected chi connectivity index (χ2v) is 12.8. The first-order valence-corrected chi connectivity index (χ1v) is 18.3. The third kappa shape index (κ3) is 5.57. The average Bonchev–Trinajstić information content (AvgIpc) is 3.55. The van der Waals surface area contributed by atoms with E-state index in [2.05, 4.69) is 169 Å². The molecular formula is C47H42N4. The van der Waals surface area contributed by atoms with Gasteiger partial charge in [0.1, 0.15) is 0 Å². The summed E-state index contributed by atoms with van der Waals surface area (Å²) in [4.78, 5) is 10.8. The van der Waals surface area contributed by atoms with Gasteiger partial charge in [0.15, 0.2) is 0 Å². The fourth-order valence-electron chi connectivity index (χ4n) is 7.38. The van der Waals surface area contributed by atoms with Gasteiger partial charge in [0.25, 0.3) is 0 Å². The summed E-state index contributed by atoms with van der Waals surface area (Å²) in [6.45, 7) is 8.45. The monoisotopic (exact) mass is 662 g/mol. The van der Waals surface area contributed by atoms with Crippen LogP contribution >= 0.6 is 0 Å². The zero-order valence-electron chi connectivity index (χ0n) is 29.8. The van der Waals surface area contributed by atoms with E-state index in [1.807, 2.05) is 13.8 Å². The molecule has 8 aromatic rings. The maximum Gasteiger partial charge on any atom is 0.235 e. The van der Waals surface area contributed by atoms with Gasteiger partial charge in [-0.3, -0.25) is 4.57 Å². The summed E-state index contributed by atoms with van der Waals surface area (Å²) in [5.41, 5.74) is 12.3. The highest BCUT2D eigenvalue weighted by molar-refractivity contribution is 6.23. The lowest BCUT2D eigenvalue weighted by molar-refractivity contribution is 0.982. The standard InChI is InChI=1S/C45H36N4.C2H6/c1-3-30-21-25-41-37(27-30)35-23-24-36-38-28-31(4-2)22-26-42(38)49(44(36)43(35)48(41)34-19-13-8-14-20-34)45-46-39(32-15-9-5-6-10-16-32)29-40(47-45)33-17-11-7-12-18-33;1-2/h5,7-29H,3-4,6H2,1-2H3;1-2H3. The number of aryl methyl sites for hydroxylation is 2. The van der Waals surface area contributed by atoms with Crippen molar-refractivity contribution in [2.24, 2.45) is 0 Å². The molecule has 3 heterocycles. The molecule has 4 heteroatoms. The van der Waals surface area contributed by atoms with Gasteiger partial charge >= 0.3 is 0 Å². The summed E-state index contributed by atoms with van der Waals surface area (Å²) in [7, 11) is 0. The summed E-state index contributed by atoms with van der Waals surface area (Å²) < 4.78 is 4.75. The lowest BCUT2D eigenvalue weighted by Gasteiger charge is -2.14. The molecular weight excluding hydrogens is 621 g/mol. The highest BCUT2D eigenvalue weighted by Gasteiger charge is 2.23. The van der Waals surface area contributed by atoms with Crippen molar-refractivity contribution < 1.29 is 0 Å². The van der Waals surface area contributed by atoms with Gasteiger partial charge in [-0.25, -0.2) is 9.97 Å². The first-order chi connectivity index (χ1) is 25.2. The highest BCUT2D eigenvalue weighted by atomic mass is 15.2. The number of nitrogens with zero attached hydrogens (tertiary/aromatic N) is 4. The molecule has 0 bridgehead atoms. The van der Waals surface area contributed by atoms with Crippen molar-refractivity contribution in [3.05, 3.63) is 162 Å². The van der Waals surface area contributed by atoms with Crippen molar-refractivity contribution in [3.63, 3.8) is 0 Å². The molecule has 0 radical (unpaired) electrons. The topological polar surface area (TPSA) is 35.6 Å². The van der Waals surface area contributed by atoms with E-state index in [1.165, 1.54) is 38.2 Å². The number of hydrogen-bond donors (Lipinski definition) is 0. The molecule has 0 aliphatic heterocycles. The lowest BCUT2D eigenvalue weighted by Crippen LogP contribution is -2.06. The Morgan fingerprint density at radius 1 is 0.569 bits per heavy atom. The van der Waals surface area contributed by atoms with E-state index >= 15 is 0 Å². The zero-order valence-corrected chi connectivity index (χ0v) is 29.8. The Hall–Kier alpha value is -6.00. The average molecular weight is 663 g/mol. The van der Waals surface area contributed by atoms with Gasteiger partial charge in [-0.15, -0.1) is 0 Å². The van der Waals surface area contributed by atoms with Crippen molar-refractivity contribution in [1.29, 1.82) is 0 Å². The second kappa shape index (κ2) is 13.7. The van der Waals surface area contributed by atoms with E-state index in [4.69, 9.17) is 9.97 Å². The largest absolute Gasteiger partial charge is 0.307 e. The minimum absolute atomic E-state index is 0.662. The third-order valence-corrected chi connectivity index (χ3v) is 9.87. The van der Waals surface area contributed by atoms with Crippen molar-refractivity contribution >= 4 is 49.2 Å². The Labute approximate surface area is 299 Å². The number of rotatable bonds is 6. The maximum absolute atomic E-state index is 5.39. The molecule has 5 aromatic carbocycles. The maximum atomic E-state index is 5.39. The van der Waals surface area contributed by atoms with Crippen LogP contribution in [0.2, 0.25) is 0 Å². The van der Waals surface area contributed by atoms with Gasteiger partial charge in [-0.2, -0.15) is 0 Å². The molecule has 0 saturated carbocycles. The lowest BCUT2D eigenvalue weighted by atomic mass is 10.0. The molecule has 51 heavy (non-hydrogen) atoms. The van der Waals surface area contributed by atoms with Crippen LogP contribution in [-0.4, -0.2) is 19.1 Å². The van der Waals surface area contributed by atoms with Crippen LogP contribution in [0.25, 0.3) is 72.1 Å². The van der Waals surface area contributed by atoms with Crippen molar-refractivity contribution in [2.75, 3.05) is 0 Å². The van der Waals surface area contributed by atoms with Crippen LogP contribution in [0, 0.1) is 0 Å². The summed E-state index contributed by atoms with van der Waals surface area (Å²) >= 11 is 0. The fraction of sp³-hybridized carbons (Fsp3) is 0.149. The van der Waals surface area contributed by atoms with Crippen LogP contribution in [-0.2, 0) is 12.8 Å². The zero-order chi connectivity index (χ0) is 34.9. The number of fused-ring (bicyclic) bond motifs is 7. The van der Waals surface area contributed by atoms with Crippen LogP contribution < -0.4 is 0 Å². The molecule has 250 valence electrons. The predicted octanol–water partition coefficient (Wildman–Crippen LogP) is 12.4. The fourth-order valence-corrected chi connectivity index (χ4v) is 7.38. The minimum Gasteiger partial charge on any atom is -0.307 e. The first-order valence-electron chi connectivity index (χ1n) is 18.3. The summed E-state index contributed by atoms with van der Waals surface area (Å²) in [6.07, 6.45) is 13.7. The molecule has 0 saturated heterocycles. The van der Waals surface area contributed by atoms with Crippen LogP contribution in [0.1, 0.15) is 50.9 Å². The van der Waals surface area contributed by atoms with E-state index in [1.54, 1.807) is 0 Å². The van der Waals surface area contributed by atoms with E-state index in [0.717, 1.165) is 64.0 Å². The van der Waals surface area contributed by atoms with E-state index in [9.17, 15) is 0 Å². The van der Waals surface area contributed by atoms with E-state index in [-0.39, 0.29) is 0 Å². The molecule has 0 fully saturated rings. The van der Waals surface area contributed by atoms with Gasteiger partial charge < -0.3 is 4.57 Å². The quantitative estimate of drug-likeness (QED) is 0.178. The number of para-hydroxylation sites is 1. The Bertz CT molecular complexity index is 2630. The van der Waals surface area contributed by atoms with E-state index in [0.29, 0.717) is 5.95 Å². The van der Waals surface area contributed by atoms with Crippen molar-refractivity contribution in [1.82, 2.24) is 19.1 Å². The molecule has 3 aromatic heterocycles. The normalized spacial score (nSPS) is 12.7. The van der Waals surface area contributed by atoms with Gasteiger partial charge in [0.2, 0.25) is 5.95 Å². The second-order valence-electron chi connectivity index (χ2n) is 12.8. The van der Waals surface area contributed by atoms with Gasteiger partial charge in [-0.05, 0) is 72.9 Å². The molecule has 0 spiro atoms. The molecule has 0 atom stereocenters. The van der Waals surface area contributed by atoms with Crippen LogP contribution in [0.3, 0.4) is 0 Å². The van der Waals surface area contributed by atoms with Gasteiger partial charge in [0, 0.05) is 38.4 Å². The number of benzene rings is 5. The van der Waals surface area contributed by atoms with Crippen LogP contribution in [0.15, 0.2) is 146 Å². The van der Waals surface area contributed by atoms with Crippen LogP contribution in [0.5, 0.6) is 0 Å². The molecule has 0 N–H and O–H groups in total. The summed E-state index contributed by atoms with van der Waals surface area (Å²) in [6, 6.07) is 41.7. The van der Waals surface area contributed by atoms with Crippen molar-refractivity contribution in [3.8, 4) is 22.9 Å². The molecule has 9 rings (SSSR count). The predicted molar refractivity (Wildman–Crippen MR) is 217 cm³/mol. The molecule has 1 aliphatic rings. The smallest absolute Gasteiger partial charge is 0.235 e. The SMILES string of the molecule is CC.CCc1ccc2c(c1)c1ccc3c4cc(CC)ccc4n(-c4nc(C5=CC=CCC=C5)cc(-c5ccccc5)n4)c3c1n2-c1ccccc1. The summed E-state index contributed by atoms with van der Waals surface area (Å²) in [5.74, 6) is 0.662. The highest BCUT2D eigenvalue weighted by Crippen LogP contribution is 2.42. The van der Waals surface area contributed by atoms with Gasteiger partial charge in [-0.1, -0.05) is 131 Å². The Balaban J connectivity index is 0.00000184. The Morgan fingerprint density at radius 3 is 1.80 bits per heavy atom. The number of allylic oxidation sites excluding steroid dienone is 6. The molecule has 0 unspecified atom stereocenters. The molecule has 0 amide bonds. The first kappa shape index (κ1) is 32.2. The molecule has 1 aliphatic carbocycles. The Morgan fingerprint density at radius 2 is 1.16 bits per heavy atom.